The summed E-state index contributed by atoms with van der Waals surface area (Å²) in [5.41, 5.74) is 10.9. The number of hydrogen-bond acceptors (Lipinski definition) is 29. The second-order valence-corrected chi connectivity index (χ2v) is 34.8. The summed E-state index contributed by atoms with van der Waals surface area (Å²) >= 11 is 1.52. The highest BCUT2D eigenvalue weighted by molar-refractivity contribution is 8.14. The summed E-state index contributed by atoms with van der Waals surface area (Å²) in [6.07, 6.45) is 20.7. The number of anilines is 1. The lowest BCUT2D eigenvalue weighted by Crippen LogP contribution is -2.61. The van der Waals surface area contributed by atoms with Crippen LogP contribution in [0, 0.1) is 35.5 Å². The number of aliphatic hydroxyl groups is 2. The fourth-order valence-electron chi connectivity index (χ4n) is 16.7. The first kappa shape index (κ1) is 101. The third kappa shape index (κ3) is 31.6. The van der Waals surface area contributed by atoms with Crippen molar-refractivity contribution < 1.29 is 101 Å². The maximum Gasteiger partial charge on any atom is 0.329 e. The van der Waals surface area contributed by atoms with Gasteiger partial charge in [0.1, 0.15) is 53.8 Å². The van der Waals surface area contributed by atoms with Crippen LogP contribution in [-0.4, -0.2) is 277 Å². The minimum atomic E-state index is -2.46. The van der Waals surface area contributed by atoms with E-state index in [2.05, 4.69) is 30.6 Å². The molecule has 2 amide bonds. The van der Waals surface area contributed by atoms with E-state index in [1.54, 1.807) is 57.9 Å². The number of methoxy groups -OCH3 is 3. The molecular formula is C92H137N11O21S. The number of carbonyl (C=O) groups excluding carboxylic acids is 7. The van der Waals surface area contributed by atoms with Crippen LogP contribution in [0.1, 0.15) is 187 Å². The molecule has 32 nitrogen and oxygen atoms in total. The van der Waals surface area contributed by atoms with Crippen LogP contribution in [0.4, 0.5) is 5.82 Å². The van der Waals surface area contributed by atoms with Crippen LogP contribution in [-0.2, 0) is 105 Å². The van der Waals surface area contributed by atoms with E-state index in [4.69, 9.17) is 67.7 Å². The second kappa shape index (κ2) is 53.3. The number of ether oxygens (including phenoxy) is 12. The number of allylic oxidation sites excluding steroid dienone is 6. The minimum Gasteiger partial charge on any atom is -0.460 e. The average molecular weight is 1770 g/mol. The topological polar surface area (TPSA) is 399 Å². The van der Waals surface area contributed by atoms with Crippen LogP contribution in [0.15, 0.2) is 89.4 Å². The molecule has 0 radical (unpaired) electrons. The molecule has 125 heavy (non-hydrogen) atoms. The van der Waals surface area contributed by atoms with Gasteiger partial charge in [0.2, 0.25) is 5.79 Å². The highest BCUT2D eigenvalue weighted by Gasteiger charge is 2.53. The number of aliphatic imine (C=N–C) groups is 1. The SMILES string of the molecule is CO[C@H]1C[C@@H]2CC[C@@H](C)[C@@](O)(O2)C(=O)C(=O)N2CCCC[C@H]2C(=O)OC([C@H](C)C[C@@H]2CC[C@@H](OCCCCc3cn(CCOCCOCCOCCOCCOCCOCCC(=O)CCCCCn4nc(-c5cccc(C(=O)NC6=NCCS6)c5)c5c(N)ncnc54)nn3)[C@H](OC)C2)CC(=O)[C@H](C)/C=C(\C)[C@@H](O)[C@@H](OC)C(=O)[C@H](C)C[C@H](C)/C=C/C=C/C=C/1C. The number of Topliss-reactive ketones (excluding diaryl/α,β-unsaturated/α-hetero) is 4. The summed E-state index contributed by atoms with van der Waals surface area (Å²) < 4.78 is 74.4. The van der Waals surface area contributed by atoms with Crippen LogP contribution < -0.4 is 11.1 Å². The molecule has 1 aliphatic carbocycles. The number of nitrogens with one attached hydrogen (secondary N) is 1. The Morgan fingerprint density at radius 2 is 1.48 bits per heavy atom. The Morgan fingerprint density at radius 1 is 0.752 bits per heavy atom. The third-order valence-electron chi connectivity index (χ3n) is 24.1. The van der Waals surface area contributed by atoms with Crippen molar-refractivity contribution >= 4 is 74.7 Å². The van der Waals surface area contributed by atoms with Gasteiger partial charge in [-0.3, -0.25) is 33.8 Å². The number of aromatic nitrogens is 7. The molecule has 4 aromatic rings. The van der Waals surface area contributed by atoms with E-state index in [9.17, 15) is 43.8 Å². The number of nitrogen functional groups attached to an aromatic ring is 1. The van der Waals surface area contributed by atoms with Crippen molar-refractivity contribution in [1.29, 1.82) is 0 Å². The number of thioether (sulfide) groups is 1. The molecule has 2 bridgehead atoms. The van der Waals surface area contributed by atoms with Crippen molar-refractivity contribution in [3.63, 3.8) is 0 Å². The van der Waals surface area contributed by atoms with Crippen molar-refractivity contribution in [3.8, 4) is 11.3 Å². The Kier molecular flexibility index (Phi) is 43.1. The molecule has 1 aromatic carbocycles. The average Bonchev–Trinajstić information content (AvgIpc) is 1.73. The molecule has 5 aliphatic rings. The zero-order chi connectivity index (χ0) is 89.6. The van der Waals surface area contributed by atoms with Gasteiger partial charge in [-0.05, 0) is 151 Å². The number of fused-ring (bicyclic) bond motifs is 4. The van der Waals surface area contributed by atoms with Crippen LogP contribution in [0.5, 0.6) is 0 Å². The predicted molar refractivity (Wildman–Crippen MR) is 472 cm³/mol. The van der Waals surface area contributed by atoms with Gasteiger partial charge in [0.15, 0.2) is 16.6 Å². The molecule has 1 unspecified atom stereocenters. The minimum absolute atomic E-state index is 0.00529. The molecule has 7 heterocycles. The zero-order valence-corrected chi connectivity index (χ0v) is 75.9. The number of nitrogens with two attached hydrogens (primary N) is 1. The van der Waals surface area contributed by atoms with Crippen LogP contribution in [0.3, 0.4) is 0 Å². The molecule has 15 atom stereocenters. The molecule has 692 valence electrons. The summed E-state index contributed by atoms with van der Waals surface area (Å²) in [6.45, 7) is 20.1. The van der Waals surface area contributed by atoms with E-state index in [0.717, 1.165) is 73.9 Å². The normalized spacial score (nSPS) is 27.3. The zero-order valence-electron chi connectivity index (χ0n) is 75.0. The fraction of sp³-hybridized carbons (Fsp3) is 0.685. The molecule has 3 aromatic heterocycles. The number of aliphatic hydroxyl groups excluding tert-OH is 1. The molecule has 9 rings (SSSR count). The van der Waals surface area contributed by atoms with Gasteiger partial charge in [0.25, 0.3) is 17.6 Å². The number of carbonyl (C=O) groups is 7. The van der Waals surface area contributed by atoms with Gasteiger partial charge in [-0.1, -0.05) is 107 Å². The largest absolute Gasteiger partial charge is 0.460 e. The Hall–Kier alpha value is -7.74. The molecule has 2 saturated heterocycles. The van der Waals surface area contributed by atoms with E-state index < -0.39 is 77.8 Å². The second-order valence-electron chi connectivity index (χ2n) is 33.7. The van der Waals surface area contributed by atoms with Gasteiger partial charge in [-0.25, -0.2) is 24.1 Å². The van der Waals surface area contributed by atoms with Crippen molar-refractivity contribution in [1.82, 2.24) is 45.0 Å². The number of amidine groups is 1. The number of cyclic esters (lactones) is 1. The van der Waals surface area contributed by atoms with E-state index >= 15 is 0 Å². The lowest BCUT2D eigenvalue weighted by atomic mass is 9.78. The van der Waals surface area contributed by atoms with Crippen molar-refractivity contribution in [3.05, 3.63) is 95.6 Å². The fourth-order valence-corrected chi connectivity index (χ4v) is 17.4. The standard InChI is InChI=1S/C92H137N11O21S/c1-61-22-13-11-14-23-62(2)77(113-8)57-73-31-29-67(7)92(112,124-73)85(108)89(110)102-35-19-16-28-74(102)90(111)123-78(58-75(105)63(3)53-66(6)83(107)84(115-10)82(106)65(5)52-61)64(4)54-68-30-32-76(79(55-68)114-9)122-38-20-17-26-71-59-101(100-98-71)37-40-117-42-44-119-46-48-121-50-49-120-47-45-118-43-41-116-39-33-72(104)27-15-12-18-36-103-87-80(86(93)95-60-96-87)81(99-103)69-24-21-25-70(56-69)88(109)97-91-94-34-51-125-91/h11,13-14,21-25,53,56,59-61,63-65,67-68,73-74,76-79,83-84,107,112H,12,15-20,26-52,54-55,57-58H2,1-10H3,(H2,93,95,96)(H,94,97,109)/b14-11+,22-13+,62-23+,66-53+/t61-,63-,64-,65-,67-,68+,73+,74+,76-,77+,78?,79-,83-,84+,92-/m1/s1. The summed E-state index contributed by atoms with van der Waals surface area (Å²) in [5, 5.41) is 41.5. The van der Waals surface area contributed by atoms with Crippen LogP contribution in [0.25, 0.3) is 22.3 Å². The first-order valence-corrected chi connectivity index (χ1v) is 45.9. The molecule has 0 spiro atoms. The van der Waals surface area contributed by atoms with E-state index in [1.807, 2.05) is 81.1 Å². The highest BCUT2D eigenvalue weighted by atomic mass is 32.2. The Morgan fingerprint density at radius 3 is 2.18 bits per heavy atom. The summed E-state index contributed by atoms with van der Waals surface area (Å²) in [5.74, 6) is -7.13. The number of hydrogen-bond donors (Lipinski definition) is 4. The van der Waals surface area contributed by atoms with Gasteiger partial charge in [-0.2, -0.15) is 5.10 Å². The number of rotatable bonds is 41. The number of nitrogens with zero attached hydrogens (tertiary/aromatic N) is 9. The summed E-state index contributed by atoms with van der Waals surface area (Å²) in [4.78, 5) is 112. The van der Waals surface area contributed by atoms with Gasteiger partial charge in [0, 0.05) is 108 Å². The first-order valence-electron chi connectivity index (χ1n) is 44.9. The lowest BCUT2D eigenvalue weighted by molar-refractivity contribution is -0.265. The van der Waals surface area contributed by atoms with Gasteiger partial charge in [0.05, 0.1) is 128 Å². The van der Waals surface area contributed by atoms with E-state index in [-0.39, 0.29) is 72.6 Å². The molecule has 5 N–H and O–H groups in total. The number of esters is 1. The first-order chi connectivity index (χ1) is 60.4. The smallest absolute Gasteiger partial charge is 0.329 e. The molecular weight excluding hydrogens is 1630 g/mol. The third-order valence-corrected chi connectivity index (χ3v) is 25.0. The number of ketones is 4. The molecule has 1 saturated carbocycles. The molecule has 3 fully saturated rings. The van der Waals surface area contributed by atoms with Gasteiger partial charge in [-0.15, -0.1) is 5.10 Å². The molecule has 33 heteroatoms. The summed E-state index contributed by atoms with van der Waals surface area (Å²) in [7, 11) is 4.65. The number of amides is 2. The van der Waals surface area contributed by atoms with Gasteiger partial charge >= 0.3 is 5.97 Å². The number of piperidine rings is 1. The Bertz CT molecular complexity index is 4230. The Labute approximate surface area is 740 Å². The monoisotopic (exact) mass is 1760 g/mol. The number of aryl methyl sites for hydroxylation is 2. The van der Waals surface area contributed by atoms with Crippen molar-refractivity contribution in [2.75, 3.05) is 132 Å². The molecule has 4 aliphatic heterocycles. The maximum atomic E-state index is 14.8. The van der Waals surface area contributed by atoms with Gasteiger partial charge < -0.3 is 83.0 Å². The predicted octanol–water partition coefficient (Wildman–Crippen LogP) is 10.4. The lowest BCUT2D eigenvalue weighted by Gasteiger charge is -2.42. The van der Waals surface area contributed by atoms with E-state index in [1.165, 1.54) is 30.1 Å². The summed E-state index contributed by atoms with van der Waals surface area (Å²) in [6, 6.07) is 6.04. The van der Waals surface area contributed by atoms with Crippen LogP contribution >= 0.6 is 11.8 Å². The maximum absolute atomic E-state index is 14.8. The number of benzene rings is 1. The number of unbranched alkanes of at least 4 members (excludes halogenated alkanes) is 3. The van der Waals surface area contributed by atoms with Crippen molar-refractivity contribution in [2.45, 2.75) is 245 Å². The van der Waals surface area contributed by atoms with Crippen LogP contribution in [0.2, 0.25) is 0 Å². The van der Waals surface area contributed by atoms with E-state index in [0.29, 0.717) is 209 Å². The Balaban J connectivity index is 0.612. The van der Waals surface area contributed by atoms with Crippen molar-refractivity contribution in [2.24, 2.45) is 40.5 Å². The highest BCUT2D eigenvalue weighted by Crippen LogP contribution is 2.39. The quantitative estimate of drug-likeness (QED) is 0.0139.